The monoisotopic (exact) mass is 377 g/mol. The molecular weight excluding hydrogens is 354 g/mol. The first-order valence-corrected chi connectivity index (χ1v) is 8.69. The molecule has 0 spiro atoms. The van der Waals surface area contributed by atoms with Crippen LogP contribution in [0.2, 0.25) is 0 Å². The van der Waals surface area contributed by atoms with Crippen molar-refractivity contribution in [3.05, 3.63) is 35.9 Å². The molecule has 0 radical (unpaired) electrons. The Bertz CT molecular complexity index is 688. The van der Waals surface area contributed by atoms with E-state index in [0.717, 1.165) is 12.0 Å². The number of carboxylic acids is 2. The van der Waals surface area contributed by atoms with E-state index in [4.69, 9.17) is 10.2 Å². The van der Waals surface area contributed by atoms with Crippen molar-refractivity contribution < 1.29 is 29.4 Å². The molecule has 9 heteroatoms. The van der Waals surface area contributed by atoms with Gasteiger partial charge in [0.15, 0.2) is 0 Å². The maximum Gasteiger partial charge on any atom is 0.326 e. The third-order valence-electron chi connectivity index (χ3n) is 4.29. The first-order chi connectivity index (χ1) is 12.9. The Morgan fingerprint density at radius 1 is 1.07 bits per heavy atom. The van der Waals surface area contributed by atoms with Crippen LogP contribution in [0.5, 0.6) is 0 Å². The Hall–Kier alpha value is -2.94. The Balaban J connectivity index is 2.11. The lowest BCUT2D eigenvalue weighted by molar-refractivity contribution is -0.147. The Morgan fingerprint density at radius 2 is 1.78 bits per heavy atom. The second-order valence-electron chi connectivity index (χ2n) is 6.40. The number of benzene rings is 1. The summed E-state index contributed by atoms with van der Waals surface area (Å²) in [5.41, 5.74) is 0.780. The number of aliphatic carboxylic acids is 2. The van der Waals surface area contributed by atoms with Gasteiger partial charge in [-0.15, -0.1) is 0 Å². The topological polar surface area (TPSA) is 145 Å². The number of carbonyl (C=O) groups excluding carboxylic acids is 2. The van der Waals surface area contributed by atoms with Crippen LogP contribution in [-0.4, -0.2) is 58.6 Å². The second-order valence-corrected chi connectivity index (χ2v) is 6.40. The van der Waals surface area contributed by atoms with Crippen LogP contribution in [0.4, 0.5) is 0 Å². The van der Waals surface area contributed by atoms with E-state index in [1.807, 2.05) is 6.07 Å². The first kappa shape index (κ1) is 20.4. The highest BCUT2D eigenvalue weighted by atomic mass is 16.4. The van der Waals surface area contributed by atoms with Crippen LogP contribution in [0.1, 0.15) is 24.8 Å². The van der Waals surface area contributed by atoms with Gasteiger partial charge in [-0.25, -0.2) is 4.79 Å². The lowest BCUT2D eigenvalue weighted by atomic mass is 10.0. The van der Waals surface area contributed by atoms with E-state index in [2.05, 4.69) is 16.0 Å². The normalized spacial score (nSPS) is 18.3. The van der Waals surface area contributed by atoms with Gasteiger partial charge in [-0.05, 0) is 24.9 Å². The SMILES string of the molecule is O=C(O)C[C@H](NC(=O)[C@H](Cc1ccccc1)NC(=O)[C@@H]1CCCN1)C(=O)O. The van der Waals surface area contributed by atoms with Gasteiger partial charge >= 0.3 is 11.9 Å². The van der Waals surface area contributed by atoms with Gasteiger partial charge in [0.2, 0.25) is 11.8 Å². The van der Waals surface area contributed by atoms with Gasteiger partial charge in [0, 0.05) is 6.42 Å². The van der Waals surface area contributed by atoms with Gasteiger partial charge in [-0.2, -0.15) is 0 Å². The van der Waals surface area contributed by atoms with E-state index in [-0.39, 0.29) is 12.3 Å². The highest BCUT2D eigenvalue weighted by molar-refractivity contribution is 5.93. The molecule has 0 aliphatic carbocycles. The summed E-state index contributed by atoms with van der Waals surface area (Å²) in [5, 5.41) is 25.8. The molecule has 0 saturated carbocycles. The molecule has 0 aromatic heterocycles. The average Bonchev–Trinajstić information content (AvgIpc) is 3.15. The minimum Gasteiger partial charge on any atom is -0.481 e. The molecule has 27 heavy (non-hydrogen) atoms. The van der Waals surface area contributed by atoms with Gasteiger partial charge in [0.1, 0.15) is 12.1 Å². The molecule has 1 fully saturated rings. The fourth-order valence-electron chi connectivity index (χ4n) is 2.89. The van der Waals surface area contributed by atoms with E-state index in [0.29, 0.717) is 13.0 Å². The molecule has 2 amide bonds. The van der Waals surface area contributed by atoms with Crippen LogP contribution in [0.25, 0.3) is 0 Å². The largest absolute Gasteiger partial charge is 0.481 e. The molecule has 0 unspecified atom stereocenters. The summed E-state index contributed by atoms with van der Waals surface area (Å²) in [6.07, 6.45) is 0.914. The average molecular weight is 377 g/mol. The zero-order chi connectivity index (χ0) is 19.8. The van der Waals surface area contributed by atoms with Crippen molar-refractivity contribution in [1.82, 2.24) is 16.0 Å². The van der Waals surface area contributed by atoms with E-state index < -0.39 is 42.4 Å². The van der Waals surface area contributed by atoms with Gasteiger partial charge in [-0.3, -0.25) is 14.4 Å². The quantitative estimate of drug-likeness (QED) is 0.390. The number of amides is 2. The van der Waals surface area contributed by atoms with Crippen molar-refractivity contribution in [2.45, 2.75) is 43.8 Å². The van der Waals surface area contributed by atoms with E-state index in [1.165, 1.54) is 0 Å². The minimum atomic E-state index is -1.57. The molecule has 1 aliphatic rings. The number of nitrogens with one attached hydrogen (secondary N) is 3. The third kappa shape index (κ3) is 6.37. The van der Waals surface area contributed by atoms with E-state index >= 15 is 0 Å². The van der Waals surface area contributed by atoms with Gasteiger partial charge in [0.25, 0.3) is 0 Å². The molecule has 1 aromatic rings. The predicted molar refractivity (Wildman–Crippen MR) is 94.9 cm³/mol. The van der Waals surface area contributed by atoms with Gasteiger partial charge < -0.3 is 26.2 Å². The molecule has 1 saturated heterocycles. The summed E-state index contributed by atoms with van der Waals surface area (Å²) in [4.78, 5) is 47.0. The zero-order valence-electron chi connectivity index (χ0n) is 14.7. The smallest absolute Gasteiger partial charge is 0.326 e. The van der Waals surface area contributed by atoms with Crippen molar-refractivity contribution in [2.24, 2.45) is 0 Å². The molecule has 9 nitrogen and oxygen atoms in total. The molecule has 1 aliphatic heterocycles. The van der Waals surface area contributed by atoms with Crippen molar-refractivity contribution in [1.29, 1.82) is 0 Å². The fourth-order valence-corrected chi connectivity index (χ4v) is 2.89. The summed E-state index contributed by atoms with van der Waals surface area (Å²) in [6.45, 7) is 0.716. The Kier molecular flexibility index (Phi) is 7.30. The van der Waals surface area contributed by atoms with Crippen LogP contribution in [0.15, 0.2) is 30.3 Å². The molecule has 5 N–H and O–H groups in total. The van der Waals surface area contributed by atoms with E-state index in [9.17, 15) is 19.2 Å². The predicted octanol–water partition coefficient (Wildman–Crippen LogP) is -0.490. The van der Waals surface area contributed by atoms with Crippen LogP contribution < -0.4 is 16.0 Å². The summed E-state index contributed by atoms with van der Waals surface area (Å²) in [6, 6.07) is 5.97. The first-order valence-electron chi connectivity index (χ1n) is 8.69. The van der Waals surface area contributed by atoms with Crippen molar-refractivity contribution in [2.75, 3.05) is 6.54 Å². The van der Waals surface area contributed by atoms with E-state index in [1.54, 1.807) is 24.3 Å². The molecular formula is C18H23N3O6. The number of hydrogen-bond donors (Lipinski definition) is 5. The Morgan fingerprint density at radius 3 is 2.33 bits per heavy atom. The van der Waals surface area contributed by atoms with Crippen molar-refractivity contribution in [3.8, 4) is 0 Å². The van der Waals surface area contributed by atoms with Crippen LogP contribution in [-0.2, 0) is 25.6 Å². The molecule has 3 atom stereocenters. The third-order valence-corrected chi connectivity index (χ3v) is 4.29. The fraction of sp³-hybridized carbons (Fsp3) is 0.444. The molecule has 146 valence electrons. The summed E-state index contributed by atoms with van der Waals surface area (Å²) < 4.78 is 0. The molecule has 0 bridgehead atoms. The summed E-state index contributed by atoms with van der Waals surface area (Å²) in [5.74, 6) is -3.87. The number of hydrogen-bond acceptors (Lipinski definition) is 5. The van der Waals surface area contributed by atoms with Crippen molar-refractivity contribution in [3.63, 3.8) is 0 Å². The van der Waals surface area contributed by atoms with Crippen molar-refractivity contribution >= 4 is 23.8 Å². The maximum absolute atomic E-state index is 12.6. The Labute approximate surface area is 156 Å². The maximum atomic E-state index is 12.6. The highest BCUT2D eigenvalue weighted by Gasteiger charge is 2.30. The van der Waals surface area contributed by atoms with Crippen LogP contribution in [0, 0.1) is 0 Å². The van der Waals surface area contributed by atoms with Crippen LogP contribution in [0.3, 0.4) is 0 Å². The molecule has 1 heterocycles. The van der Waals surface area contributed by atoms with Gasteiger partial charge in [0.05, 0.1) is 12.5 Å². The number of rotatable bonds is 9. The zero-order valence-corrected chi connectivity index (χ0v) is 14.7. The summed E-state index contributed by atoms with van der Waals surface area (Å²) in [7, 11) is 0. The standard InChI is InChI=1S/C18H23N3O6/c22-15(23)10-14(18(26)27)21-17(25)13(9-11-5-2-1-3-6-11)20-16(24)12-7-4-8-19-12/h1-3,5-6,12-14,19H,4,7-10H2,(H,20,24)(H,21,25)(H,22,23)(H,26,27)/t12-,13-,14-/m0/s1. The second kappa shape index (κ2) is 9.67. The van der Waals surface area contributed by atoms with Crippen LogP contribution >= 0.6 is 0 Å². The molecule has 2 rings (SSSR count). The minimum absolute atomic E-state index is 0.157. The highest BCUT2D eigenvalue weighted by Crippen LogP contribution is 2.08. The number of carbonyl (C=O) groups is 4. The lowest BCUT2D eigenvalue weighted by Gasteiger charge is -2.22. The summed E-state index contributed by atoms with van der Waals surface area (Å²) >= 11 is 0. The number of carboxylic acid groups (broad SMARTS) is 2. The van der Waals surface area contributed by atoms with Gasteiger partial charge in [-0.1, -0.05) is 30.3 Å². The molecule has 1 aromatic carbocycles. The lowest BCUT2D eigenvalue weighted by Crippen LogP contribution is -2.55.